The molecule has 0 bridgehead atoms. The maximum Gasteiger partial charge on any atom is 1.00 e. The van der Waals surface area contributed by atoms with Crippen molar-refractivity contribution in [3.63, 3.8) is 0 Å². The molecule has 0 spiro atoms. The molecule has 0 unspecified atom stereocenters. The van der Waals surface area contributed by atoms with E-state index in [-0.39, 0.29) is 76.4 Å². The molecule has 4 rings (SSSR count). The number of hydrogen-bond acceptors (Lipinski definition) is 4. The summed E-state index contributed by atoms with van der Waals surface area (Å²) in [5.41, 5.74) is 2.04. The van der Waals surface area contributed by atoms with E-state index < -0.39 is 0 Å². The van der Waals surface area contributed by atoms with Gasteiger partial charge in [0.05, 0.1) is 22.3 Å². The number of amides is 4. The van der Waals surface area contributed by atoms with Crippen molar-refractivity contribution < 1.29 is 72.0 Å². The number of fused-ring (bicyclic) bond motifs is 2. The van der Waals surface area contributed by atoms with Crippen molar-refractivity contribution in [2.24, 2.45) is 0 Å². The summed E-state index contributed by atoms with van der Waals surface area (Å²) in [4.78, 5) is 47.4. The van der Waals surface area contributed by atoms with Gasteiger partial charge in [0.25, 0.3) is 23.6 Å². The van der Waals surface area contributed by atoms with Crippen LogP contribution in [0.4, 0.5) is 0 Å². The number of alkyl halides is 1. The topological polar surface area (TPSA) is 83.5 Å². The number of nitrogens with one attached hydrogen (secondary N) is 1. The number of nitrogens with zero attached hydrogens (tertiary/aromatic N) is 1. The van der Waals surface area contributed by atoms with Gasteiger partial charge in [-0.05, 0) is 37.1 Å². The maximum atomic E-state index is 12.1. The van der Waals surface area contributed by atoms with Crippen LogP contribution in [0.25, 0.3) is 0 Å². The summed E-state index contributed by atoms with van der Waals surface area (Å²) in [6, 6.07) is 13.8. The van der Waals surface area contributed by atoms with Crippen molar-refractivity contribution in [2.45, 2.75) is 32.1 Å². The van der Waals surface area contributed by atoms with Crippen LogP contribution in [-0.4, -0.2) is 40.4 Å². The second-order valence-electron chi connectivity index (χ2n) is 7.09. The molecule has 2 aromatic carbocycles. The number of benzene rings is 2. The molecule has 1 N–H and O–H groups in total. The third-order valence-corrected chi connectivity index (χ3v) is 5.60. The Kier molecular flexibility index (Phi) is 10.7. The van der Waals surface area contributed by atoms with E-state index in [1.807, 2.05) is 0 Å². The third-order valence-electron chi connectivity index (χ3n) is 5.04. The largest absolute Gasteiger partial charge is 1.00 e. The zero-order valence-corrected chi connectivity index (χ0v) is 22.2. The zero-order chi connectivity index (χ0) is 21.5. The van der Waals surface area contributed by atoms with Gasteiger partial charge in [-0.2, -0.15) is 0 Å². The molecule has 2 aromatic rings. The minimum absolute atomic E-state index is 0. The van der Waals surface area contributed by atoms with Crippen LogP contribution < -0.4 is 56.7 Å². The van der Waals surface area contributed by atoms with E-state index in [4.69, 9.17) is 0 Å². The fourth-order valence-electron chi connectivity index (χ4n) is 3.45. The second kappa shape index (κ2) is 12.8. The first-order chi connectivity index (χ1) is 14.5. The van der Waals surface area contributed by atoms with Gasteiger partial charge in [-0.15, -0.1) is 0 Å². The fraction of sp³-hybridized carbons (Fsp3) is 0.304. The molecule has 0 atom stereocenters. The van der Waals surface area contributed by atoms with E-state index in [9.17, 15) is 19.2 Å². The van der Waals surface area contributed by atoms with Crippen LogP contribution in [0, 0.1) is 0 Å². The van der Waals surface area contributed by atoms with Gasteiger partial charge in [0.2, 0.25) is 0 Å². The van der Waals surface area contributed by atoms with Crippen LogP contribution >= 0.6 is 15.9 Å². The van der Waals surface area contributed by atoms with Crippen molar-refractivity contribution in [1.29, 1.82) is 0 Å². The van der Waals surface area contributed by atoms with Crippen molar-refractivity contribution in [3.05, 3.63) is 70.8 Å². The molecule has 0 aliphatic carbocycles. The van der Waals surface area contributed by atoms with E-state index in [1.54, 1.807) is 48.5 Å². The van der Waals surface area contributed by atoms with Crippen LogP contribution in [0.1, 0.15) is 75.0 Å². The van der Waals surface area contributed by atoms with E-state index in [0.29, 0.717) is 28.8 Å². The minimum atomic E-state index is -0.300. The first-order valence-electron chi connectivity index (χ1n) is 10.0. The van der Waals surface area contributed by atoms with Gasteiger partial charge in [0, 0.05) is 11.9 Å². The molecule has 8 heteroatoms. The number of carbonyl (C=O) groups is 4. The Morgan fingerprint density at radius 1 is 0.677 bits per heavy atom. The van der Waals surface area contributed by atoms with Crippen molar-refractivity contribution >= 4 is 39.6 Å². The molecular weight excluding hydrogens is 487 g/mol. The van der Waals surface area contributed by atoms with Crippen molar-refractivity contribution in [3.8, 4) is 0 Å². The molecule has 6 nitrogen and oxygen atoms in total. The first kappa shape index (κ1) is 26.1. The van der Waals surface area contributed by atoms with Gasteiger partial charge in [-0.1, -0.05) is 59.5 Å². The maximum absolute atomic E-state index is 12.1. The Labute approximate surface area is 234 Å². The van der Waals surface area contributed by atoms with E-state index >= 15 is 0 Å². The summed E-state index contributed by atoms with van der Waals surface area (Å²) in [7, 11) is 0. The number of unbranched alkanes of at least 4 members (excludes halogenated alkanes) is 4. The molecule has 0 aromatic heterocycles. The summed E-state index contributed by atoms with van der Waals surface area (Å²) in [5, 5.41) is 3.25. The normalized spacial score (nSPS) is 13.8. The van der Waals surface area contributed by atoms with E-state index in [2.05, 4.69) is 21.2 Å². The molecule has 31 heavy (non-hydrogen) atoms. The summed E-state index contributed by atoms with van der Waals surface area (Å²) >= 11 is 3.41. The second-order valence-corrected chi connectivity index (χ2v) is 7.89. The van der Waals surface area contributed by atoms with Gasteiger partial charge in [-0.25, -0.2) is 0 Å². The van der Waals surface area contributed by atoms with Gasteiger partial charge in [-0.3, -0.25) is 29.4 Å². The van der Waals surface area contributed by atoms with Crippen molar-refractivity contribution in [2.75, 3.05) is 11.9 Å². The molecule has 0 saturated heterocycles. The number of rotatable bonds is 7. The standard InChI is InChI=1S/C15H18BrNO2.C8H5NO2.K.H/c16-10-6-2-1-3-7-11-17-14(18)12-8-4-5-9-13(12)15(17)19;10-7-5-3-1-2-4-6(5)8(11)9-7;;/h4-5,8-9H,1-3,6-7,10-11H2;1-4H,(H,9,10,11);;/q;;+1;-1. The Hall–Kier alpha value is -1.16. The van der Waals surface area contributed by atoms with Crippen LogP contribution in [0.3, 0.4) is 0 Å². The van der Waals surface area contributed by atoms with E-state index in [0.717, 1.165) is 24.6 Å². The Morgan fingerprint density at radius 3 is 1.58 bits per heavy atom. The molecule has 0 radical (unpaired) electrons. The molecule has 2 heterocycles. The molecule has 4 amide bonds. The molecule has 2 aliphatic heterocycles. The zero-order valence-electron chi connectivity index (χ0n) is 18.5. The average Bonchev–Trinajstić information content (AvgIpc) is 3.19. The summed E-state index contributed by atoms with van der Waals surface area (Å²) in [5.74, 6) is -0.877. The summed E-state index contributed by atoms with van der Waals surface area (Å²) < 4.78 is 0. The molecular formula is C23H24BrKN2O4. The van der Waals surface area contributed by atoms with Gasteiger partial charge < -0.3 is 1.43 Å². The monoisotopic (exact) mass is 510 g/mol. The molecule has 2 aliphatic rings. The molecule has 0 fully saturated rings. The van der Waals surface area contributed by atoms with Gasteiger partial charge >= 0.3 is 51.4 Å². The smallest absolute Gasteiger partial charge is 1.00 e. The van der Waals surface area contributed by atoms with Crippen LogP contribution in [0.5, 0.6) is 0 Å². The van der Waals surface area contributed by atoms with Gasteiger partial charge in [0.1, 0.15) is 0 Å². The number of imide groups is 2. The number of halogens is 1. The Bertz CT molecular complexity index is 918. The Morgan fingerprint density at radius 2 is 1.10 bits per heavy atom. The molecule has 158 valence electrons. The van der Waals surface area contributed by atoms with Crippen LogP contribution in [0.15, 0.2) is 48.5 Å². The Balaban J connectivity index is 0.000000338. The molecule has 0 saturated carbocycles. The first-order valence-corrected chi connectivity index (χ1v) is 11.1. The van der Waals surface area contributed by atoms with Crippen LogP contribution in [0.2, 0.25) is 0 Å². The fourth-order valence-corrected chi connectivity index (χ4v) is 3.85. The quantitative estimate of drug-likeness (QED) is 0.263. The number of carbonyl (C=O) groups excluding carboxylic acids is 4. The predicted octanol–water partition coefficient (Wildman–Crippen LogP) is 1.31. The predicted molar refractivity (Wildman–Crippen MR) is 118 cm³/mol. The van der Waals surface area contributed by atoms with Gasteiger partial charge in [0.15, 0.2) is 0 Å². The average molecular weight is 511 g/mol. The minimum Gasteiger partial charge on any atom is -1.00 e. The SMILES string of the molecule is O=C1NC(=O)c2ccccc21.O=C1c2ccccc2C(=O)N1CCCCCCCBr.[H-].[K+]. The third kappa shape index (κ3) is 6.43. The van der Waals surface area contributed by atoms with Crippen molar-refractivity contribution in [1.82, 2.24) is 10.2 Å². The summed E-state index contributed by atoms with van der Waals surface area (Å²) in [6.45, 7) is 0.542. The van der Waals surface area contributed by atoms with Crippen LogP contribution in [-0.2, 0) is 0 Å². The summed E-state index contributed by atoms with van der Waals surface area (Å²) in [6.07, 6.45) is 5.52. The van der Waals surface area contributed by atoms with E-state index in [1.165, 1.54) is 17.7 Å². The number of hydrogen-bond donors (Lipinski definition) is 1.